The lowest BCUT2D eigenvalue weighted by Gasteiger charge is -1.96. The van der Waals surface area contributed by atoms with Crippen molar-refractivity contribution in [2.75, 3.05) is 6.54 Å². The maximum atomic E-state index is 5.34. The van der Waals surface area contributed by atoms with Crippen LogP contribution < -0.4 is 5.73 Å². The molecule has 5 heteroatoms. The molecule has 83 valence electrons. The highest BCUT2D eigenvalue weighted by Gasteiger charge is 1.85. The number of unbranched alkanes of at least 4 members (excludes halogenated alkanes) is 5. The first-order chi connectivity index (χ1) is 4.41. The third-order valence-electron chi connectivity index (χ3n) is 1.56. The maximum Gasteiger partial charge on any atom is 0 e. The van der Waals surface area contributed by atoms with Crippen LogP contribution in [0, 0.1) is 0 Å². The first kappa shape index (κ1) is 29.2. The van der Waals surface area contributed by atoms with Crippen LogP contribution in [0.3, 0.4) is 0 Å². The molecule has 0 aliphatic carbocycles. The summed E-state index contributed by atoms with van der Waals surface area (Å²) in [5.41, 5.74) is 5.34. The van der Waals surface area contributed by atoms with Gasteiger partial charge in [-0.15, -0.1) is 37.2 Å². The van der Waals surface area contributed by atoms with Crippen molar-refractivity contribution in [3.8, 4) is 0 Å². The normalized spacial score (nSPS) is 6.92. The monoisotopic (exact) mass is 248 g/mol. The van der Waals surface area contributed by atoms with Crippen LogP contribution in [0.1, 0.15) is 45.4 Å². The van der Waals surface area contributed by atoms with Gasteiger partial charge in [0.1, 0.15) is 0 Å². The summed E-state index contributed by atoms with van der Waals surface area (Å²) in [6, 6.07) is 0. The second kappa shape index (κ2) is 29.3. The van der Waals surface area contributed by atoms with Crippen molar-refractivity contribution in [1.29, 1.82) is 0 Å². The Labute approximate surface area is 103 Å². The van der Waals surface area contributed by atoms with Gasteiger partial charge >= 0.3 is 0 Å². The zero-order chi connectivity index (χ0) is 6.95. The molecule has 1 nitrogen and oxygen atoms in total. The largest absolute Gasteiger partial charge is 0.330 e. The van der Waals surface area contributed by atoms with Gasteiger partial charge in [-0.2, -0.15) is 0 Å². The lowest BCUT2D eigenvalue weighted by Crippen LogP contribution is -1.97. The Morgan fingerprint density at radius 3 is 1.54 bits per heavy atom. The average molecular weight is 249 g/mol. The molecule has 0 heterocycles. The number of rotatable bonds is 6. The van der Waals surface area contributed by atoms with E-state index in [4.69, 9.17) is 5.73 Å². The summed E-state index contributed by atoms with van der Waals surface area (Å²) in [6.07, 6.45) is 8.05. The Morgan fingerprint density at radius 1 is 0.769 bits per heavy atom. The topological polar surface area (TPSA) is 26.0 Å². The maximum absolute atomic E-state index is 5.34. The van der Waals surface area contributed by atoms with Crippen LogP contribution in [-0.2, 0) is 0 Å². The summed E-state index contributed by atoms with van der Waals surface area (Å²) in [5.74, 6) is 0. The van der Waals surface area contributed by atoms with E-state index < -0.39 is 0 Å². The van der Waals surface area contributed by atoms with Gasteiger partial charge in [0.15, 0.2) is 0 Å². The first-order valence-corrected chi connectivity index (χ1v) is 4.12. The Morgan fingerprint density at radius 2 is 1.15 bits per heavy atom. The van der Waals surface area contributed by atoms with Gasteiger partial charge in [0.2, 0.25) is 0 Å². The van der Waals surface area contributed by atoms with Crippen molar-refractivity contribution in [3.63, 3.8) is 0 Å². The fourth-order valence-electron chi connectivity index (χ4n) is 0.925. The van der Waals surface area contributed by atoms with E-state index in [0.29, 0.717) is 0 Å². The summed E-state index contributed by atoms with van der Waals surface area (Å²) in [6.45, 7) is 3.11. The zero-order valence-corrected chi connectivity index (χ0v) is 10.8. The second-order valence-electron chi connectivity index (χ2n) is 2.56. The van der Waals surface area contributed by atoms with Gasteiger partial charge in [-0.05, 0) is 13.0 Å². The highest BCUT2D eigenvalue weighted by molar-refractivity contribution is 5.86. The summed E-state index contributed by atoms with van der Waals surface area (Å²) in [4.78, 5) is 0. The molecule has 0 fully saturated rings. The Kier molecular flexibility index (Phi) is 65.8. The van der Waals surface area contributed by atoms with Crippen LogP contribution in [0.5, 0.6) is 0 Å². The number of hydrogen-bond acceptors (Lipinski definition) is 1. The molecule has 0 saturated heterocycles. The molecule has 13 heavy (non-hydrogen) atoms. The lowest BCUT2D eigenvalue weighted by atomic mass is 10.1. The van der Waals surface area contributed by atoms with Crippen LogP contribution in [0.4, 0.5) is 0 Å². The fraction of sp³-hybridized carbons (Fsp3) is 1.00. The van der Waals surface area contributed by atoms with Gasteiger partial charge < -0.3 is 5.73 Å². The van der Waals surface area contributed by atoms with Crippen molar-refractivity contribution < 1.29 is 0 Å². The smallest absolute Gasteiger partial charge is 0 e. The van der Waals surface area contributed by atoms with Crippen LogP contribution in [0.15, 0.2) is 0 Å². The molecule has 0 amide bonds. The van der Waals surface area contributed by atoms with Crippen molar-refractivity contribution in [1.82, 2.24) is 0 Å². The van der Waals surface area contributed by atoms with Gasteiger partial charge in [0, 0.05) is 8.41 Å². The fourth-order valence-corrected chi connectivity index (χ4v) is 0.925. The molecule has 0 aliphatic rings. The van der Waals surface area contributed by atoms with E-state index in [1.807, 2.05) is 0 Å². The third kappa shape index (κ3) is 32.2. The van der Waals surface area contributed by atoms with Crippen molar-refractivity contribution in [2.45, 2.75) is 45.4 Å². The Balaban J connectivity index is -0.0000000533. The summed E-state index contributed by atoms with van der Waals surface area (Å²) in [5, 5.41) is 0. The summed E-state index contributed by atoms with van der Waals surface area (Å²) in [7, 11) is 0. The van der Waals surface area contributed by atoms with Crippen molar-refractivity contribution >= 4 is 45.6 Å². The van der Waals surface area contributed by atoms with Gasteiger partial charge in [-0.25, -0.2) is 0 Å². The van der Waals surface area contributed by atoms with Gasteiger partial charge in [-0.3, -0.25) is 0 Å². The average Bonchev–Trinajstić information content (AvgIpc) is 1.89. The van der Waals surface area contributed by atoms with E-state index in [0.717, 1.165) is 6.54 Å². The van der Waals surface area contributed by atoms with Gasteiger partial charge in [0.05, 0.1) is 0 Å². The van der Waals surface area contributed by atoms with Crippen LogP contribution in [0.25, 0.3) is 0 Å². The van der Waals surface area contributed by atoms with E-state index in [1.165, 1.54) is 38.5 Å². The highest BCUT2D eigenvalue weighted by Crippen LogP contribution is 2.03. The summed E-state index contributed by atoms with van der Waals surface area (Å²) < 4.78 is 0. The van der Waals surface area contributed by atoms with Gasteiger partial charge in [0.25, 0.3) is 0 Å². The molecule has 0 spiro atoms. The molecule has 3 radical (unpaired) electrons. The molecule has 0 aliphatic heterocycles. The van der Waals surface area contributed by atoms with E-state index in [1.54, 1.807) is 0 Å². The Bertz CT molecular complexity index is 52.7. The van der Waals surface area contributed by atoms with Crippen LogP contribution >= 0.6 is 37.2 Å². The number of halogens is 3. The van der Waals surface area contributed by atoms with Crippen molar-refractivity contribution in [3.05, 3.63) is 0 Å². The molecule has 0 bridgehead atoms. The third-order valence-corrected chi connectivity index (χ3v) is 1.56. The van der Waals surface area contributed by atoms with Crippen LogP contribution in [0.2, 0.25) is 0 Å². The second-order valence-corrected chi connectivity index (χ2v) is 2.56. The minimum Gasteiger partial charge on any atom is -0.330 e. The molecule has 0 saturated carbocycles. The van der Waals surface area contributed by atoms with Crippen LogP contribution in [-0.4, -0.2) is 15.0 Å². The molecule has 0 aromatic rings. The molecular formula is C8H22BCl3N. The molecular weight excluding hydrogens is 227 g/mol. The molecule has 0 rings (SSSR count). The standard InChI is InChI=1S/C8H19N.B.3ClH/c1-2-3-4-5-6-7-8-9;;;;/h2-9H2,1H3;;3*1H. The quantitative estimate of drug-likeness (QED) is 0.568. The van der Waals surface area contributed by atoms with Gasteiger partial charge in [-0.1, -0.05) is 39.0 Å². The number of hydrogen-bond donors (Lipinski definition) is 1. The molecule has 0 aromatic heterocycles. The molecule has 0 atom stereocenters. The highest BCUT2D eigenvalue weighted by atomic mass is 35.5. The molecule has 0 aromatic carbocycles. The lowest BCUT2D eigenvalue weighted by molar-refractivity contribution is 0.612. The molecule has 0 unspecified atom stereocenters. The van der Waals surface area contributed by atoms with E-state index >= 15 is 0 Å². The van der Waals surface area contributed by atoms with Crippen molar-refractivity contribution in [2.24, 2.45) is 5.73 Å². The minimum absolute atomic E-state index is 0. The Hall–Kier alpha value is 0.895. The molecule has 2 N–H and O–H groups in total. The minimum atomic E-state index is 0. The van der Waals surface area contributed by atoms with E-state index in [-0.39, 0.29) is 45.6 Å². The van der Waals surface area contributed by atoms with E-state index in [9.17, 15) is 0 Å². The van der Waals surface area contributed by atoms with E-state index in [2.05, 4.69) is 6.92 Å². The predicted molar refractivity (Wildman–Crippen MR) is 69.9 cm³/mol. The summed E-state index contributed by atoms with van der Waals surface area (Å²) >= 11 is 0. The number of nitrogens with two attached hydrogens (primary N) is 1. The zero-order valence-electron chi connectivity index (χ0n) is 8.33. The first-order valence-electron chi connectivity index (χ1n) is 4.12. The predicted octanol–water partition coefficient (Wildman–Crippen LogP) is 3.19. The SMILES string of the molecule is CCCCCCCCN.Cl.Cl.Cl.[B].